The van der Waals surface area contributed by atoms with Crippen LogP contribution in [0.1, 0.15) is 16.7 Å². The van der Waals surface area contributed by atoms with E-state index < -0.39 is 30.7 Å². The van der Waals surface area contributed by atoms with Crippen LogP contribution in [0, 0.1) is 0 Å². The molecule has 1 saturated heterocycles. The number of hydrogen-bond donors (Lipinski definition) is 2. The summed E-state index contributed by atoms with van der Waals surface area (Å²) < 4.78 is 24.2. The molecule has 3 aromatic rings. The first kappa shape index (κ1) is 23.6. The van der Waals surface area contributed by atoms with Crippen LogP contribution in [0.15, 0.2) is 91.0 Å². The molecule has 174 valence electrons. The van der Waals surface area contributed by atoms with E-state index >= 15 is 0 Å². The van der Waals surface area contributed by atoms with E-state index in [2.05, 4.69) is 0 Å². The zero-order valence-corrected chi connectivity index (χ0v) is 18.5. The first-order valence-corrected chi connectivity index (χ1v) is 11.1. The highest BCUT2D eigenvalue weighted by Crippen LogP contribution is 2.31. The van der Waals surface area contributed by atoms with Crippen LogP contribution in [0.25, 0.3) is 0 Å². The first-order valence-electron chi connectivity index (χ1n) is 11.1. The van der Waals surface area contributed by atoms with Gasteiger partial charge in [0.05, 0.1) is 33.0 Å². The van der Waals surface area contributed by atoms with Crippen LogP contribution in [-0.2, 0) is 38.8 Å². The zero-order chi connectivity index (χ0) is 22.9. The minimum Gasteiger partial charge on any atom is -0.391 e. The molecular formula is C27H30O6. The van der Waals surface area contributed by atoms with E-state index in [1.165, 1.54) is 0 Å². The lowest BCUT2D eigenvalue weighted by atomic mass is 9.96. The molecule has 6 nitrogen and oxygen atoms in total. The molecule has 6 heteroatoms. The van der Waals surface area contributed by atoms with Gasteiger partial charge in [0, 0.05) is 0 Å². The van der Waals surface area contributed by atoms with Gasteiger partial charge in [0.15, 0.2) is 0 Å². The van der Waals surface area contributed by atoms with Crippen molar-refractivity contribution in [1.29, 1.82) is 0 Å². The Morgan fingerprint density at radius 3 is 1.64 bits per heavy atom. The van der Waals surface area contributed by atoms with Gasteiger partial charge in [-0.05, 0) is 16.7 Å². The zero-order valence-electron chi connectivity index (χ0n) is 18.5. The Balaban J connectivity index is 1.53. The lowest BCUT2D eigenvalue weighted by molar-refractivity contribution is -0.352. The molecule has 1 aliphatic heterocycles. The molecule has 0 unspecified atom stereocenters. The molecule has 4 rings (SSSR count). The molecule has 0 spiro atoms. The second kappa shape index (κ2) is 11.5. The average molecular weight is 451 g/mol. The van der Waals surface area contributed by atoms with E-state index in [-0.39, 0.29) is 13.2 Å². The molecule has 0 aromatic heterocycles. The van der Waals surface area contributed by atoms with Crippen LogP contribution in [0.4, 0.5) is 0 Å². The van der Waals surface area contributed by atoms with Gasteiger partial charge in [-0.15, -0.1) is 0 Å². The van der Waals surface area contributed by atoms with Crippen molar-refractivity contribution in [2.45, 2.75) is 43.9 Å². The number of ether oxygens (including phenoxy) is 4. The summed E-state index contributed by atoms with van der Waals surface area (Å²) in [6, 6.07) is 29.2. The van der Waals surface area contributed by atoms with Crippen molar-refractivity contribution in [3.8, 4) is 0 Å². The maximum atomic E-state index is 11.1. The second-order valence-electron chi connectivity index (χ2n) is 8.13. The van der Waals surface area contributed by atoms with Gasteiger partial charge in [-0.1, -0.05) is 91.0 Å². The quantitative estimate of drug-likeness (QED) is 0.493. The van der Waals surface area contributed by atoms with Gasteiger partial charge in [0.1, 0.15) is 18.3 Å². The van der Waals surface area contributed by atoms with E-state index in [1.54, 1.807) is 0 Å². The van der Waals surface area contributed by atoms with Crippen molar-refractivity contribution in [3.63, 3.8) is 0 Å². The molecule has 0 aliphatic carbocycles. The van der Waals surface area contributed by atoms with Gasteiger partial charge in [-0.3, -0.25) is 0 Å². The number of benzene rings is 3. The van der Waals surface area contributed by atoms with E-state index in [0.29, 0.717) is 13.2 Å². The number of aliphatic hydroxyl groups excluding tert-OH is 1. The largest absolute Gasteiger partial charge is 0.391 e. The van der Waals surface area contributed by atoms with Crippen LogP contribution < -0.4 is 0 Å². The van der Waals surface area contributed by atoms with Crippen molar-refractivity contribution in [3.05, 3.63) is 108 Å². The molecule has 0 saturated carbocycles. The maximum absolute atomic E-state index is 11.1. The summed E-state index contributed by atoms with van der Waals surface area (Å²) in [6.07, 6.45) is -2.12. The van der Waals surface area contributed by atoms with Crippen LogP contribution in [0.3, 0.4) is 0 Å². The van der Waals surface area contributed by atoms with Gasteiger partial charge in [-0.2, -0.15) is 0 Å². The Hall–Kier alpha value is -2.58. The molecule has 1 fully saturated rings. The standard InChI is InChI=1S/C27H30O6/c28-20-27(29)26(32-18-23-14-8-3-9-15-23)25(31-17-22-12-6-2-7-13-22)24(19-33-27)30-16-21-10-4-1-5-11-21/h1-15,24-26,28-29H,16-20H2/t24-,25-,26+,27+/m1/s1. The molecule has 33 heavy (non-hydrogen) atoms. The summed E-state index contributed by atoms with van der Waals surface area (Å²) in [4.78, 5) is 0. The molecule has 1 heterocycles. The number of aliphatic hydroxyl groups is 2. The Kier molecular flexibility index (Phi) is 8.23. The fourth-order valence-electron chi connectivity index (χ4n) is 3.86. The summed E-state index contributed by atoms with van der Waals surface area (Å²) in [6.45, 7) is 0.345. The summed E-state index contributed by atoms with van der Waals surface area (Å²) in [5, 5.41) is 21.0. The van der Waals surface area contributed by atoms with Crippen molar-refractivity contribution >= 4 is 0 Å². The molecule has 1 aliphatic rings. The molecule has 4 atom stereocenters. The second-order valence-corrected chi connectivity index (χ2v) is 8.13. The third-order valence-electron chi connectivity index (χ3n) is 5.70. The number of hydrogen-bond acceptors (Lipinski definition) is 6. The fourth-order valence-corrected chi connectivity index (χ4v) is 3.86. The highest BCUT2D eigenvalue weighted by molar-refractivity contribution is 5.15. The van der Waals surface area contributed by atoms with E-state index in [9.17, 15) is 10.2 Å². The highest BCUT2D eigenvalue weighted by atomic mass is 16.7. The van der Waals surface area contributed by atoms with Crippen LogP contribution in [0.2, 0.25) is 0 Å². The van der Waals surface area contributed by atoms with Gasteiger partial charge < -0.3 is 29.2 Å². The molecule has 0 bridgehead atoms. The normalized spacial score (nSPS) is 25.1. The van der Waals surface area contributed by atoms with Crippen molar-refractivity contribution in [2.75, 3.05) is 13.2 Å². The van der Waals surface area contributed by atoms with E-state index in [1.807, 2.05) is 91.0 Å². The smallest absolute Gasteiger partial charge is 0.219 e. The minimum atomic E-state index is -1.90. The summed E-state index contributed by atoms with van der Waals surface area (Å²) in [5.74, 6) is -1.90. The lowest BCUT2D eigenvalue weighted by Gasteiger charge is -2.46. The van der Waals surface area contributed by atoms with Gasteiger partial charge >= 0.3 is 0 Å². The molecule has 0 radical (unpaired) electrons. The van der Waals surface area contributed by atoms with Crippen molar-refractivity contribution < 1.29 is 29.2 Å². The Bertz CT molecular complexity index is 952. The monoisotopic (exact) mass is 450 g/mol. The summed E-state index contributed by atoms with van der Waals surface area (Å²) in [5.41, 5.74) is 2.94. The van der Waals surface area contributed by atoms with Crippen LogP contribution in [-0.4, -0.2) is 47.5 Å². The van der Waals surface area contributed by atoms with Crippen LogP contribution >= 0.6 is 0 Å². The van der Waals surface area contributed by atoms with E-state index in [0.717, 1.165) is 16.7 Å². The van der Waals surface area contributed by atoms with Gasteiger partial charge in [-0.25, -0.2) is 0 Å². The SMILES string of the molecule is OC[C@]1(O)OC[C@@H](OCc2ccccc2)[C@@H](OCc2ccccc2)[C@@H]1OCc1ccccc1. The third-order valence-corrected chi connectivity index (χ3v) is 5.70. The highest BCUT2D eigenvalue weighted by Gasteiger charge is 2.52. The van der Waals surface area contributed by atoms with E-state index in [4.69, 9.17) is 18.9 Å². The third kappa shape index (κ3) is 6.26. The molecule has 3 aromatic carbocycles. The maximum Gasteiger partial charge on any atom is 0.219 e. The van der Waals surface area contributed by atoms with Crippen LogP contribution in [0.5, 0.6) is 0 Å². The summed E-state index contributed by atoms with van der Waals surface area (Å²) in [7, 11) is 0. The fraction of sp³-hybridized carbons (Fsp3) is 0.333. The predicted octanol–water partition coefficient (Wildman–Crippen LogP) is 3.45. The minimum absolute atomic E-state index is 0.0640. The molecule has 2 N–H and O–H groups in total. The van der Waals surface area contributed by atoms with Crippen molar-refractivity contribution in [1.82, 2.24) is 0 Å². The average Bonchev–Trinajstić information content (AvgIpc) is 2.88. The Morgan fingerprint density at radius 2 is 1.15 bits per heavy atom. The Morgan fingerprint density at radius 1 is 0.697 bits per heavy atom. The summed E-state index contributed by atoms with van der Waals surface area (Å²) >= 11 is 0. The van der Waals surface area contributed by atoms with Gasteiger partial charge in [0.2, 0.25) is 5.79 Å². The number of rotatable bonds is 10. The first-order chi connectivity index (χ1) is 16.2. The Labute approximate surface area is 194 Å². The topological polar surface area (TPSA) is 77.4 Å². The molecular weight excluding hydrogens is 420 g/mol. The predicted molar refractivity (Wildman–Crippen MR) is 123 cm³/mol. The molecule has 0 amide bonds. The lowest BCUT2D eigenvalue weighted by Crippen LogP contribution is -2.64. The van der Waals surface area contributed by atoms with Gasteiger partial charge in [0.25, 0.3) is 0 Å². The van der Waals surface area contributed by atoms with Crippen molar-refractivity contribution in [2.24, 2.45) is 0 Å².